The summed E-state index contributed by atoms with van der Waals surface area (Å²) < 4.78 is 4.14. The Morgan fingerprint density at radius 3 is 2.96 bits per heavy atom. The molecular formula is C17H15N5O3S. The van der Waals surface area contributed by atoms with Crippen molar-refractivity contribution in [3.8, 4) is 0 Å². The lowest BCUT2D eigenvalue weighted by atomic mass is 10.2. The molecule has 0 saturated carbocycles. The van der Waals surface area contributed by atoms with Crippen molar-refractivity contribution in [1.82, 2.24) is 19.3 Å². The van der Waals surface area contributed by atoms with E-state index in [4.69, 9.17) is 5.11 Å². The second-order valence-electron chi connectivity index (χ2n) is 5.94. The molecule has 3 aromatic heterocycles. The molecule has 132 valence electrons. The zero-order valence-electron chi connectivity index (χ0n) is 14.1. The fourth-order valence-corrected chi connectivity index (χ4v) is 4.01. The van der Waals surface area contributed by atoms with E-state index in [0.29, 0.717) is 11.2 Å². The number of carboxylic acid groups (broad SMARTS) is 1. The first-order chi connectivity index (χ1) is 12.4. The molecule has 0 fully saturated rings. The van der Waals surface area contributed by atoms with Crippen LogP contribution in [0.3, 0.4) is 0 Å². The van der Waals surface area contributed by atoms with Gasteiger partial charge in [-0.2, -0.15) is 5.10 Å². The van der Waals surface area contributed by atoms with Gasteiger partial charge in [0.2, 0.25) is 0 Å². The second kappa shape index (κ2) is 5.95. The number of aromatic nitrogens is 4. The number of aryl methyl sites for hydroxylation is 2. The molecule has 0 aliphatic carbocycles. The molecule has 4 aromatic rings. The first kappa shape index (κ1) is 16.3. The Morgan fingerprint density at radius 1 is 1.38 bits per heavy atom. The Balaban J connectivity index is 1.78. The molecule has 2 N–H and O–H groups in total. The zero-order chi connectivity index (χ0) is 18.4. The van der Waals surface area contributed by atoms with Gasteiger partial charge in [0, 0.05) is 18.1 Å². The third-order valence-electron chi connectivity index (χ3n) is 4.14. The number of thiazole rings is 1. The Hall–Kier alpha value is -3.20. The number of hydrogen-bond donors (Lipinski definition) is 2. The van der Waals surface area contributed by atoms with E-state index in [1.807, 2.05) is 20.0 Å². The highest BCUT2D eigenvalue weighted by atomic mass is 32.1. The van der Waals surface area contributed by atoms with E-state index >= 15 is 0 Å². The summed E-state index contributed by atoms with van der Waals surface area (Å²) in [5, 5.41) is 17.2. The highest BCUT2D eigenvalue weighted by Gasteiger charge is 2.17. The summed E-state index contributed by atoms with van der Waals surface area (Å²) in [6, 6.07) is 6.88. The van der Waals surface area contributed by atoms with E-state index < -0.39 is 6.09 Å². The summed E-state index contributed by atoms with van der Waals surface area (Å²) in [4.78, 5) is 28.2. The van der Waals surface area contributed by atoms with Crippen molar-refractivity contribution < 1.29 is 9.90 Å². The summed E-state index contributed by atoms with van der Waals surface area (Å²) in [6.45, 7) is 2.18. The van der Waals surface area contributed by atoms with Crippen LogP contribution < -0.4 is 10.9 Å². The Morgan fingerprint density at radius 2 is 2.19 bits per heavy atom. The average Bonchev–Trinajstić information content (AvgIpc) is 3.07. The lowest BCUT2D eigenvalue weighted by Crippen LogP contribution is -2.24. The van der Waals surface area contributed by atoms with Crippen molar-refractivity contribution >= 4 is 44.4 Å². The SMILES string of the molecule is Cc1nc2c(s1)c1cnn(Cc3cccc(NC(=O)O)c3)c(=O)c1n2C. The van der Waals surface area contributed by atoms with E-state index in [0.717, 1.165) is 26.3 Å². The number of anilines is 1. The maximum atomic E-state index is 12.9. The molecule has 26 heavy (non-hydrogen) atoms. The topological polar surface area (TPSA) is 102 Å². The third-order valence-corrected chi connectivity index (χ3v) is 5.14. The lowest BCUT2D eigenvalue weighted by Gasteiger charge is -2.07. The number of nitrogens with one attached hydrogen (secondary N) is 1. The standard InChI is InChI=1S/C17H15N5O3S/c1-9-19-15-14(26-9)12-7-18-22(16(23)13(12)21(15)2)8-10-4-3-5-11(6-10)20-17(24)25/h3-7,20H,8H2,1-2H3,(H,24,25). The molecule has 4 rings (SSSR count). The van der Waals surface area contributed by atoms with Gasteiger partial charge >= 0.3 is 6.09 Å². The fraction of sp³-hybridized carbons (Fsp3) is 0.176. The third kappa shape index (κ3) is 2.62. The highest BCUT2D eigenvalue weighted by molar-refractivity contribution is 7.19. The number of fused-ring (bicyclic) bond motifs is 3. The van der Waals surface area contributed by atoms with Crippen molar-refractivity contribution in [3.05, 3.63) is 51.4 Å². The van der Waals surface area contributed by atoms with Gasteiger partial charge in [-0.15, -0.1) is 11.3 Å². The fourth-order valence-electron chi connectivity index (χ4n) is 3.05. The Kier molecular flexibility index (Phi) is 3.73. The maximum Gasteiger partial charge on any atom is 0.409 e. The average molecular weight is 369 g/mol. The molecule has 1 amide bonds. The van der Waals surface area contributed by atoms with Gasteiger partial charge < -0.3 is 9.67 Å². The van der Waals surface area contributed by atoms with Crippen LogP contribution in [0.2, 0.25) is 0 Å². The van der Waals surface area contributed by atoms with Gasteiger partial charge in [-0.05, 0) is 24.6 Å². The minimum absolute atomic E-state index is 0.204. The summed E-state index contributed by atoms with van der Waals surface area (Å²) in [6.07, 6.45) is 0.557. The number of carbonyl (C=O) groups is 1. The summed E-state index contributed by atoms with van der Waals surface area (Å²) in [5.41, 5.74) is 2.36. The van der Waals surface area contributed by atoms with Crippen LogP contribution in [0.25, 0.3) is 21.3 Å². The summed E-state index contributed by atoms with van der Waals surface area (Å²) >= 11 is 1.54. The quantitative estimate of drug-likeness (QED) is 0.578. The number of rotatable bonds is 3. The molecule has 0 aliphatic rings. The molecule has 0 saturated heterocycles. The molecule has 8 nitrogen and oxygen atoms in total. The number of amides is 1. The van der Waals surface area contributed by atoms with E-state index in [-0.39, 0.29) is 12.1 Å². The van der Waals surface area contributed by atoms with Crippen LogP contribution in [0.4, 0.5) is 10.5 Å². The highest BCUT2D eigenvalue weighted by Crippen LogP contribution is 2.30. The smallest absolute Gasteiger partial charge is 0.409 e. The largest absolute Gasteiger partial charge is 0.465 e. The van der Waals surface area contributed by atoms with Gasteiger partial charge in [0.05, 0.1) is 22.4 Å². The zero-order valence-corrected chi connectivity index (χ0v) is 14.9. The molecule has 0 atom stereocenters. The second-order valence-corrected chi connectivity index (χ2v) is 7.15. The van der Waals surface area contributed by atoms with Crippen LogP contribution in [0.15, 0.2) is 35.3 Å². The van der Waals surface area contributed by atoms with Crippen molar-refractivity contribution in [2.45, 2.75) is 13.5 Å². The van der Waals surface area contributed by atoms with Gasteiger partial charge in [0.25, 0.3) is 5.56 Å². The van der Waals surface area contributed by atoms with Gasteiger partial charge in [-0.25, -0.2) is 14.5 Å². The van der Waals surface area contributed by atoms with Crippen molar-refractivity contribution in [1.29, 1.82) is 0 Å². The normalized spacial score (nSPS) is 11.3. The van der Waals surface area contributed by atoms with Gasteiger partial charge in [0.1, 0.15) is 5.52 Å². The molecule has 1 aromatic carbocycles. The van der Waals surface area contributed by atoms with Gasteiger partial charge in [0.15, 0.2) is 5.65 Å². The van der Waals surface area contributed by atoms with Crippen LogP contribution in [-0.2, 0) is 13.6 Å². The molecule has 0 aliphatic heterocycles. The van der Waals surface area contributed by atoms with Crippen molar-refractivity contribution in [2.75, 3.05) is 5.32 Å². The van der Waals surface area contributed by atoms with Crippen LogP contribution in [0, 0.1) is 6.92 Å². The number of hydrogen-bond acceptors (Lipinski definition) is 5. The maximum absolute atomic E-state index is 12.9. The number of nitrogens with zero attached hydrogens (tertiary/aromatic N) is 4. The molecule has 0 radical (unpaired) electrons. The molecule has 3 heterocycles. The molecule has 0 unspecified atom stereocenters. The summed E-state index contributed by atoms with van der Waals surface area (Å²) in [7, 11) is 1.83. The predicted octanol–water partition coefficient (Wildman–Crippen LogP) is 2.79. The van der Waals surface area contributed by atoms with Crippen LogP contribution in [0.1, 0.15) is 10.6 Å². The Labute approximate surface area is 151 Å². The monoisotopic (exact) mass is 369 g/mol. The lowest BCUT2D eigenvalue weighted by molar-refractivity contribution is 0.210. The van der Waals surface area contributed by atoms with Gasteiger partial charge in [-0.3, -0.25) is 10.1 Å². The van der Waals surface area contributed by atoms with E-state index in [1.54, 1.807) is 40.3 Å². The molecule has 9 heteroatoms. The van der Waals surface area contributed by atoms with Crippen molar-refractivity contribution in [2.24, 2.45) is 7.05 Å². The Bertz CT molecular complexity index is 1220. The molecule has 0 bridgehead atoms. The molecule has 0 spiro atoms. The van der Waals surface area contributed by atoms with E-state index in [2.05, 4.69) is 15.4 Å². The molecular weight excluding hydrogens is 354 g/mol. The first-order valence-corrected chi connectivity index (χ1v) is 8.66. The van der Waals surface area contributed by atoms with Crippen LogP contribution in [-0.4, -0.2) is 30.5 Å². The minimum atomic E-state index is -1.13. The van der Waals surface area contributed by atoms with Gasteiger partial charge in [-0.1, -0.05) is 12.1 Å². The van der Waals surface area contributed by atoms with Crippen LogP contribution in [0.5, 0.6) is 0 Å². The number of benzene rings is 1. The van der Waals surface area contributed by atoms with Crippen molar-refractivity contribution in [3.63, 3.8) is 0 Å². The first-order valence-electron chi connectivity index (χ1n) is 7.84. The predicted molar refractivity (Wildman–Crippen MR) is 100 cm³/mol. The summed E-state index contributed by atoms with van der Waals surface area (Å²) in [5.74, 6) is 0. The van der Waals surface area contributed by atoms with E-state index in [9.17, 15) is 9.59 Å². The van der Waals surface area contributed by atoms with E-state index in [1.165, 1.54) is 4.68 Å². The minimum Gasteiger partial charge on any atom is -0.465 e. The van der Waals surface area contributed by atoms with Crippen LogP contribution >= 0.6 is 11.3 Å².